The van der Waals surface area contributed by atoms with Crippen molar-refractivity contribution < 1.29 is 18.7 Å². The highest BCUT2D eigenvalue weighted by Gasteiger charge is 2.51. The summed E-state index contributed by atoms with van der Waals surface area (Å²) in [5, 5.41) is 0.812. The van der Waals surface area contributed by atoms with E-state index in [1.54, 1.807) is 34.6 Å². The number of halogens is 1. The van der Waals surface area contributed by atoms with Gasteiger partial charge in [0.1, 0.15) is 35.4 Å². The maximum atomic E-state index is 14.0. The van der Waals surface area contributed by atoms with Crippen LogP contribution in [0.5, 0.6) is 0 Å². The normalized spacial score (nSPS) is 22.1. The fourth-order valence-corrected chi connectivity index (χ4v) is 3.73. The Morgan fingerprint density at radius 2 is 2.00 bits per heavy atom. The Kier molecular flexibility index (Phi) is 5.22. The van der Waals surface area contributed by atoms with Crippen molar-refractivity contribution in [3.8, 4) is 10.6 Å². The highest BCUT2D eigenvalue weighted by Crippen LogP contribution is 2.42. The molecular weight excluding hydrogens is 369 g/mol. The lowest BCUT2D eigenvalue weighted by molar-refractivity contribution is -0.0797. The molecule has 8 heteroatoms. The minimum atomic E-state index is -0.984. The predicted octanol–water partition coefficient (Wildman–Crippen LogP) is 4.59. The van der Waals surface area contributed by atoms with Crippen molar-refractivity contribution in [3.05, 3.63) is 36.2 Å². The zero-order valence-electron chi connectivity index (χ0n) is 16.1. The van der Waals surface area contributed by atoms with Gasteiger partial charge < -0.3 is 9.47 Å². The quantitative estimate of drug-likeness (QED) is 0.763. The van der Waals surface area contributed by atoms with Crippen LogP contribution in [-0.2, 0) is 9.47 Å². The van der Waals surface area contributed by atoms with E-state index in [9.17, 15) is 9.18 Å². The van der Waals surface area contributed by atoms with Crippen LogP contribution in [0.1, 0.15) is 46.3 Å². The van der Waals surface area contributed by atoms with Crippen LogP contribution in [0.25, 0.3) is 10.6 Å². The minimum Gasteiger partial charge on any atom is -0.444 e. The van der Waals surface area contributed by atoms with Crippen LogP contribution in [0, 0.1) is 0 Å². The predicted molar refractivity (Wildman–Crippen MR) is 101 cm³/mol. The summed E-state index contributed by atoms with van der Waals surface area (Å²) in [4.78, 5) is 18.2. The number of benzene rings is 1. The number of aromatic nitrogens is 2. The first-order chi connectivity index (χ1) is 12.6. The van der Waals surface area contributed by atoms with Crippen molar-refractivity contribution in [1.29, 1.82) is 0 Å². The van der Waals surface area contributed by atoms with E-state index in [2.05, 4.69) is 9.36 Å². The molecule has 1 aromatic carbocycles. The fourth-order valence-electron chi connectivity index (χ4n) is 3.20. The standard InChI is InChI=1S/C19H24FN3O3S/c1-18(2,3)26-17(24)23-14(10-20)15(25-19(23,4)5)12-6-8-13(9-7-12)16-21-11-22-27-16/h6-9,11,14-15H,10H2,1-5H3. The molecule has 0 N–H and O–H groups in total. The number of nitrogens with zero attached hydrogens (tertiary/aromatic N) is 3. The van der Waals surface area contributed by atoms with Gasteiger partial charge in [0.2, 0.25) is 0 Å². The van der Waals surface area contributed by atoms with Crippen LogP contribution in [0.2, 0.25) is 0 Å². The number of carbonyl (C=O) groups excluding carboxylic acids is 1. The van der Waals surface area contributed by atoms with Crippen molar-refractivity contribution in [3.63, 3.8) is 0 Å². The van der Waals surface area contributed by atoms with Crippen molar-refractivity contribution in [1.82, 2.24) is 14.3 Å². The Labute approximate surface area is 162 Å². The molecular formula is C19H24FN3O3S. The highest BCUT2D eigenvalue weighted by molar-refractivity contribution is 7.09. The first-order valence-electron chi connectivity index (χ1n) is 8.75. The van der Waals surface area contributed by atoms with Crippen LogP contribution >= 0.6 is 11.5 Å². The van der Waals surface area contributed by atoms with E-state index in [1.807, 2.05) is 24.3 Å². The first kappa shape index (κ1) is 19.7. The van der Waals surface area contributed by atoms with E-state index in [4.69, 9.17) is 9.47 Å². The van der Waals surface area contributed by atoms with Crippen LogP contribution in [-0.4, -0.2) is 44.4 Å². The second-order valence-corrected chi connectivity index (χ2v) is 8.71. The van der Waals surface area contributed by atoms with Crippen molar-refractivity contribution >= 4 is 17.6 Å². The summed E-state index contributed by atoms with van der Waals surface area (Å²) in [6, 6.07) is 6.79. The molecule has 1 aromatic heterocycles. The van der Waals surface area contributed by atoms with Gasteiger partial charge in [-0.3, -0.25) is 4.90 Å². The molecule has 0 saturated carbocycles. The summed E-state index contributed by atoms with van der Waals surface area (Å²) < 4.78 is 29.5. The Morgan fingerprint density at radius 1 is 1.33 bits per heavy atom. The van der Waals surface area contributed by atoms with Gasteiger partial charge in [-0.1, -0.05) is 24.3 Å². The lowest BCUT2D eigenvalue weighted by Crippen LogP contribution is -2.50. The van der Waals surface area contributed by atoms with Crippen molar-refractivity contribution in [2.24, 2.45) is 0 Å². The summed E-state index contributed by atoms with van der Waals surface area (Å²) in [5.74, 6) is 0. The molecule has 0 spiro atoms. The van der Waals surface area contributed by atoms with E-state index in [0.29, 0.717) is 0 Å². The monoisotopic (exact) mass is 393 g/mol. The maximum Gasteiger partial charge on any atom is 0.413 e. The third kappa shape index (κ3) is 4.11. The second-order valence-electron chi connectivity index (χ2n) is 7.93. The van der Waals surface area contributed by atoms with Gasteiger partial charge in [-0.25, -0.2) is 14.2 Å². The van der Waals surface area contributed by atoms with Crippen LogP contribution in [0.15, 0.2) is 30.6 Å². The number of carbonyl (C=O) groups is 1. The molecule has 1 amide bonds. The van der Waals surface area contributed by atoms with Crippen molar-refractivity contribution in [2.75, 3.05) is 6.67 Å². The van der Waals surface area contributed by atoms with Gasteiger partial charge in [-0.15, -0.1) is 0 Å². The third-order valence-corrected chi connectivity index (χ3v) is 4.99. The molecule has 1 fully saturated rings. The number of amides is 1. The molecule has 1 saturated heterocycles. The molecule has 27 heavy (non-hydrogen) atoms. The minimum absolute atomic E-state index is 0.580. The van der Waals surface area contributed by atoms with Gasteiger partial charge >= 0.3 is 6.09 Å². The van der Waals surface area contributed by atoms with Crippen molar-refractivity contribution in [2.45, 2.75) is 58.1 Å². The van der Waals surface area contributed by atoms with E-state index in [1.165, 1.54) is 22.8 Å². The average Bonchev–Trinajstić information content (AvgIpc) is 3.18. The second kappa shape index (κ2) is 7.16. The average molecular weight is 393 g/mol. The smallest absolute Gasteiger partial charge is 0.413 e. The Hall–Kier alpha value is -2.06. The lowest BCUT2D eigenvalue weighted by Gasteiger charge is -2.34. The Bertz CT molecular complexity index is 788. The molecule has 0 aliphatic carbocycles. The molecule has 0 radical (unpaired) electrons. The molecule has 2 heterocycles. The first-order valence-corrected chi connectivity index (χ1v) is 9.53. The summed E-state index contributed by atoms with van der Waals surface area (Å²) in [6.45, 7) is 8.10. The van der Waals surface area contributed by atoms with Gasteiger partial charge in [0, 0.05) is 5.56 Å². The van der Waals surface area contributed by atoms with Gasteiger partial charge in [0.05, 0.1) is 6.04 Å². The molecule has 0 bridgehead atoms. The molecule has 2 atom stereocenters. The molecule has 2 aromatic rings. The summed E-state index contributed by atoms with van der Waals surface area (Å²) in [5.41, 5.74) is 0.0707. The fraction of sp³-hybridized carbons (Fsp3) is 0.526. The summed E-state index contributed by atoms with van der Waals surface area (Å²) in [6.07, 6.45) is 0.345. The van der Waals surface area contributed by atoms with Crippen LogP contribution in [0.4, 0.5) is 9.18 Å². The van der Waals surface area contributed by atoms with E-state index < -0.39 is 36.2 Å². The lowest BCUT2D eigenvalue weighted by atomic mass is 10.0. The van der Waals surface area contributed by atoms with Crippen LogP contribution < -0.4 is 0 Å². The Morgan fingerprint density at radius 3 is 2.52 bits per heavy atom. The summed E-state index contributed by atoms with van der Waals surface area (Å²) >= 11 is 1.31. The number of ether oxygens (including phenoxy) is 2. The molecule has 6 nitrogen and oxygen atoms in total. The highest BCUT2D eigenvalue weighted by atomic mass is 32.1. The zero-order chi connectivity index (χ0) is 19.8. The topological polar surface area (TPSA) is 64.5 Å². The molecule has 2 unspecified atom stereocenters. The van der Waals surface area contributed by atoms with E-state index >= 15 is 0 Å². The van der Waals surface area contributed by atoms with Crippen LogP contribution in [0.3, 0.4) is 0 Å². The largest absolute Gasteiger partial charge is 0.444 e. The summed E-state index contributed by atoms with van der Waals surface area (Å²) in [7, 11) is 0. The van der Waals surface area contributed by atoms with E-state index in [-0.39, 0.29) is 0 Å². The van der Waals surface area contributed by atoms with Gasteiger partial charge in [0.25, 0.3) is 0 Å². The number of hydrogen-bond donors (Lipinski definition) is 0. The molecule has 1 aliphatic heterocycles. The number of alkyl halides is 1. The van der Waals surface area contributed by atoms with Gasteiger partial charge in [-0.2, -0.15) is 4.37 Å². The maximum absolute atomic E-state index is 14.0. The van der Waals surface area contributed by atoms with Gasteiger partial charge in [0.15, 0.2) is 0 Å². The number of rotatable bonds is 3. The molecule has 1 aliphatic rings. The Balaban J connectivity index is 1.87. The molecule has 146 valence electrons. The SMILES string of the molecule is CC(C)(C)OC(=O)N1C(CF)C(c2ccc(-c3ncns3)cc2)OC1(C)C. The third-order valence-electron chi connectivity index (χ3n) is 4.27. The zero-order valence-corrected chi connectivity index (χ0v) is 16.9. The molecule has 3 rings (SSSR count). The van der Waals surface area contributed by atoms with Gasteiger partial charge in [-0.05, 0) is 51.7 Å². The van der Waals surface area contributed by atoms with E-state index in [0.717, 1.165) is 16.1 Å². The number of hydrogen-bond acceptors (Lipinski definition) is 6.